The lowest BCUT2D eigenvalue weighted by Gasteiger charge is -2.07. The van der Waals surface area contributed by atoms with Gasteiger partial charge >= 0.3 is 0 Å². The summed E-state index contributed by atoms with van der Waals surface area (Å²) in [5.74, 6) is -0.0928. The highest BCUT2D eigenvalue weighted by molar-refractivity contribution is 5.94. The van der Waals surface area contributed by atoms with Gasteiger partial charge in [0.15, 0.2) is 0 Å². The van der Waals surface area contributed by atoms with E-state index in [0.717, 1.165) is 0 Å². The maximum atomic E-state index is 11.5. The fourth-order valence-electron chi connectivity index (χ4n) is 1.37. The molecule has 0 aliphatic carbocycles. The van der Waals surface area contributed by atoms with Gasteiger partial charge in [-0.2, -0.15) is 0 Å². The molecular weight excluding hydrogens is 254 g/mol. The van der Waals surface area contributed by atoms with E-state index in [-0.39, 0.29) is 31.1 Å². The van der Waals surface area contributed by atoms with Crippen molar-refractivity contribution in [3.8, 4) is 5.75 Å². The second kappa shape index (κ2) is 7.29. The molecule has 0 fully saturated rings. The minimum Gasteiger partial charge on any atom is -0.496 e. The van der Waals surface area contributed by atoms with Crippen LogP contribution in [0.25, 0.3) is 0 Å². The quantitative estimate of drug-likeness (QED) is 0.368. The average Bonchev–Trinajstić information content (AvgIpc) is 2.39. The molecule has 0 heterocycles. The van der Waals surface area contributed by atoms with Crippen LogP contribution in [-0.4, -0.2) is 42.7 Å². The molecule has 0 unspecified atom stereocenters. The van der Waals surface area contributed by atoms with Crippen LogP contribution in [0.5, 0.6) is 5.75 Å². The number of methoxy groups -OCH3 is 1. The van der Waals surface area contributed by atoms with Crippen molar-refractivity contribution in [3.05, 3.63) is 28.3 Å². The second-order valence-corrected chi connectivity index (χ2v) is 3.59. The van der Waals surface area contributed by atoms with Crippen LogP contribution in [0.15, 0.2) is 18.2 Å². The molecule has 0 spiro atoms. The second-order valence-electron chi connectivity index (χ2n) is 3.59. The van der Waals surface area contributed by atoms with Crippen molar-refractivity contribution in [2.45, 2.75) is 0 Å². The minimum absolute atomic E-state index is 0.0380. The molecule has 0 saturated carbocycles. The number of ether oxygens (including phenoxy) is 1. The van der Waals surface area contributed by atoms with Gasteiger partial charge in [0.05, 0.1) is 31.3 Å². The molecule has 8 heteroatoms. The highest BCUT2D eigenvalue weighted by atomic mass is 16.6. The molecule has 3 N–H and O–H groups in total. The van der Waals surface area contributed by atoms with E-state index in [1.165, 1.54) is 25.3 Å². The van der Waals surface area contributed by atoms with Crippen molar-refractivity contribution in [1.29, 1.82) is 0 Å². The van der Waals surface area contributed by atoms with E-state index < -0.39 is 10.8 Å². The van der Waals surface area contributed by atoms with Crippen LogP contribution in [-0.2, 0) is 4.79 Å². The van der Waals surface area contributed by atoms with Crippen molar-refractivity contribution in [2.75, 3.05) is 32.1 Å². The number of nitrogens with one attached hydrogen (secondary N) is 2. The number of aliphatic hydroxyl groups is 1. The summed E-state index contributed by atoms with van der Waals surface area (Å²) in [5, 5.41) is 24.5. The van der Waals surface area contributed by atoms with E-state index in [1.807, 2.05) is 0 Å². The number of aliphatic hydroxyl groups excluding tert-OH is 1. The molecule has 0 atom stereocenters. The summed E-state index contributed by atoms with van der Waals surface area (Å²) >= 11 is 0. The van der Waals surface area contributed by atoms with Crippen molar-refractivity contribution in [3.63, 3.8) is 0 Å². The smallest absolute Gasteiger partial charge is 0.296 e. The van der Waals surface area contributed by atoms with Gasteiger partial charge in [0.2, 0.25) is 5.91 Å². The first-order valence-electron chi connectivity index (χ1n) is 5.52. The van der Waals surface area contributed by atoms with E-state index in [2.05, 4.69) is 10.6 Å². The van der Waals surface area contributed by atoms with Crippen LogP contribution >= 0.6 is 0 Å². The number of hydrogen-bond donors (Lipinski definition) is 3. The Kier molecular flexibility index (Phi) is 5.71. The van der Waals surface area contributed by atoms with Gasteiger partial charge in [0.25, 0.3) is 5.69 Å². The molecule has 1 aromatic rings. The Bertz CT molecular complexity index is 464. The first-order chi connectivity index (χ1) is 9.08. The van der Waals surface area contributed by atoms with E-state index in [0.29, 0.717) is 5.75 Å². The Morgan fingerprint density at radius 1 is 1.53 bits per heavy atom. The Morgan fingerprint density at radius 3 is 2.84 bits per heavy atom. The molecule has 1 amide bonds. The van der Waals surface area contributed by atoms with Gasteiger partial charge in [0.1, 0.15) is 11.4 Å². The summed E-state index contributed by atoms with van der Waals surface area (Å²) in [7, 11) is 1.40. The molecule has 1 rings (SSSR count). The van der Waals surface area contributed by atoms with Gasteiger partial charge in [-0.15, -0.1) is 0 Å². The van der Waals surface area contributed by atoms with Gasteiger partial charge < -0.3 is 20.5 Å². The molecule has 1 aromatic carbocycles. The summed E-state index contributed by atoms with van der Waals surface area (Å²) < 4.78 is 4.89. The van der Waals surface area contributed by atoms with Gasteiger partial charge in [-0.3, -0.25) is 14.9 Å². The zero-order chi connectivity index (χ0) is 14.3. The lowest BCUT2D eigenvalue weighted by molar-refractivity contribution is -0.384. The lowest BCUT2D eigenvalue weighted by atomic mass is 10.2. The molecule has 0 saturated heterocycles. The topological polar surface area (TPSA) is 114 Å². The third-order valence-electron chi connectivity index (χ3n) is 2.25. The van der Waals surface area contributed by atoms with E-state index >= 15 is 0 Å². The zero-order valence-corrected chi connectivity index (χ0v) is 10.4. The predicted molar refractivity (Wildman–Crippen MR) is 68.2 cm³/mol. The molecule has 0 aliphatic rings. The molecule has 0 bridgehead atoms. The van der Waals surface area contributed by atoms with Gasteiger partial charge in [-0.05, 0) is 12.1 Å². The van der Waals surface area contributed by atoms with Crippen LogP contribution in [0.1, 0.15) is 0 Å². The molecule has 104 valence electrons. The Balaban J connectivity index is 2.77. The first kappa shape index (κ1) is 14.9. The van der Waals surface area contributed by atoms with Gasteiger partial charge in [-0.1, -0.05) is 0 Å². The third-order valence-corrected chi connectivity index (χ3v) is 2.25. The Hall–Kier alpha value is -2.19. The minimum atomic E-state index is -0.598. The van der Waals surface area contributed by atoms with Crippen molar-refractivity contribution in [1.82, 2.24) is 5.32 Å². The van der Waals surface area contributed by atoms with E-state index in [9.17, 15) is 14.9 Å². The molecule has 0 aliphatic heterocycles. The number of nitrogens with zero attached hydrogens (tertiary/aromatic N) is 1. The average molecular weight is 269 g/mol. The van der Waals surface area contributed by atoms with Crippen molar-refractivity contribution >= 4 is 17.3 Å². The SMILES string of the molecule is COc1ccc(NC(=O)CNCCO)c([N+](=O)[O-])c1. The predicted octanol–water partition coefficient (Wildman–Crippen LogP) is 0.124. The molecule has 19 heavy (non-hydrogen) atoms. The highest BCUT2D eigenvalue weighted by Gasteiger charge is 2.16. The normalized spacial score (nSPS) is 10.0. The van der Waals surface area contributed by atoms with Crippen molar-refractivity contribution in [2.24, 2.45) is 0 Å². The van der Waals surface area contributed by atoms with Gasteiger partial charge in [0, 0.05) is 6.54 Å². The Morgan fingerprint density at radius 2 is 2.26 bits per heavy atom. The maximum Gasteiger partial charge on any atom is 0.296 e. The molecule has 0 radical (unpaired) electrons. The first-order valence-corrected chi connectivity index (χ1v) is 5.52. The lowest BCUT2D eigenvalue weighted by Crippen LogP contribution is -2.30. The highest BCUT2D eigenvalue weighted by Crippen LogP contribution is 2.28. The number of carbonyl (C=O) groups is 1. The van der Waals surface area contributed by atoms with Gasteiger partial charge in [-0.25, -0.2) is 0 Å². The van der Waals surface area contributed by atoms with Crippen LogP contribution in [0.3, 0.4) is 0 Å². The summed E-state index contributed by atoms with van der Waals surface area (Å²) in [5.41, 5.74) is -0.142. The fraction of sp³-hybridized carbons (Fsp3) is 0.364. The maximum absolute atomic E-state index is 11.5. The van der Waals surface area contributed by atoms with Crippen LogP contribution in [0.2, 0.25) is 0 Å². The number of nitro groups is 1. The Labute approximate surface area is 109 Å². The fourth-order valence-corrected chi connectivity index (χ4v) is 1.37. The monoisotopic (exact) mass is 269 g/mol. The summed E-state index contributed by atoms with van der Waals surface area (Å²) in [6.45, 7) is 0.151. The van der Waals surface area contributed by atoms with Crippen LogP contribution in [0, 0.1) is 10.1 Å². The van der Waals surface area contributed by atoms with Crippen molar-refractivity contribution < 1.29 is 19.6 Å². The summed E-state index contributed by atoms with van der Waals surface area (Å²) in [6, 6.07) is 4.15. The number of benzene rings is 1. The summed E-state index contributed by atoms with van der Waals surface area (Å²) in [6.07, 6.45) is 0. The molecule has 8 nitrogen and oxygen atoms in total. The number of hydrogen-bond acceptors (Lipinski definition) is 6. The van der Waals surface area contributed by atoms with Crippen LogP contribution in [0.4, 0.5) is 11.4 Å². The van der Waals surface area contributed by atoms with E-state index in [4.69, 9.17) is 9.84 Å². The molecule has 0 aromatic heterocycles. The van der Waals surface area contributed by atoms with E-state index in [1.54, 1.807) is 0 Å². The largest absolute Gasteiger partial charge is 0.496 e. The third kappa shape index (κ3) is 4.53. The standard InChI is InChI=1S/C11H15N3O5/c1-19-8-2-3-9(10(6-8)14(17)18)13-11(16)7-12-4-5-15/h2-3,6,12,15H,4-5,7H2,1H3,(H,13,16). The molecular formula is C11H15N3O5. The number of rotatable bonds is 7. The number of anilines is 1. The zero-order valence-electron chi connectivity index (χ0n) is 10.4. The number of amides is 1. The number of nitro benzene ring substituents is 1. The summed E-state index contributed by atoms with van der Waals surface area (Å²) in [4.78, 5) is 21.8. The number of carbonyl (C=O) groups excluding carboxylic acids is 1. The van der Waals surface area contributed by atoms with Crippen LogP contribution < -0.4 is 15.4 Å².